The first-order chi connectivity index (χ1) is 10.5. The molecule has 120 valence electrons. The van der Waals surface area contributed by atoms with Gasteiger partial charge >= 0.3 is 11.8 Å². The fraction of sp³-hybridized carbons (Fsp3) is 0.467. The summed E-state index contributed by atoms with van der Waals surface area (Å²) in [4.78, 5) is 23.6. The van der Waals surface area contributed by atoms with Crippen molar-refractivity contribution in [2.75, 3.05) is 25.2 Å². The maximum absolute atomic E-state index is 11.8. The summed E-state index contributed by atoms with van der Waals surface area (Å²) in [6.07, 6.45) is 0.876. The Labute approximate surface area is 139 Å². The molecule has 2 amide bonds. The molecule has 1 heterocycles. The van der Waals surface area contributed by atoms with E-state index in [2.05, 4.69) is 10.6 Å². The highest BCUT2D eigenvalue weighted by Gasteiger charge is 2.35. The second kappa shape index (κ2) is 7.85. The summed E-state index contributed by atoms with van der Waals surface area (Å²) in [5, 5.41) is 5.87. The van der Waals surface area contributed by atoms with Crippen LogP contribution in [-0.4, -0.2) is 42.6 Å². The molecule has 1 aromatic rings. The number of carbonyl (C=O) groups excluding carboxylic acids is 2. The largest absolute Gasteiger partial charge is 0.376 e. The molecule has 0 unspecified atom stereocenters. The Bertz CT molecular complexity index is 530. The van der Waals surface area contributed by atoms with Gasteiger partial charge in [0, 0.05) is 31.0 Å². The van der Waals surface area contributed by atoms with E-state index < -0.39 is 11.8 Å². The number of methoxy groups -OCH3 is 1. The van der Waals surface area contributed by atoms with Crippen LogP contribution < -0.4 is 10.6 Å². The van der Waals surface area contributed by atoms with Crippen LogP contribution in [-0.2, 0) is 20.9 Å². The second-order valence-corrected chi connectivity index (χ2v) is 6.72. The van der Waals surface area contributed by atoms with Gasteiger partial charge in [0.05, 0.1) is 5.60 Å². The third kappa shape index (κ3) is 4.63. The van der Waals surface area contributed by atoms with Crippen LogP contribution in [0.5, 0.6) is 0 Å². The first-order valence-corrected chi connectivity index (χ1v) is 8.51. The Hall–Kier alpha value is -1.24. The van der Waals surface area contributed by atoms with E-state index >= 15 is 0 Å². The molecule has 1 atom stereocenters. The minimum Gasteiger partial charge on any atom is -0.376 e. The summed E-state index contributed by atoms with van der Waals surface area (Å²) in [6, 6.07) is 7.08. The Morgan fingerprint density at radius 2 is 1.95 bits per heavy atom. The number of benzene rings is 1. The van der Waals surface area contributed by atoms with Crippen molar-refractivity contribution in [1.29, 1.82) is 0 Å². The Morgan fingerprint density at radius 3 is 2.55 bits per heavy atom. The van der Waals surface area contributed by atoms with Gasteiger partial charge in [-0.15, -0.1) is 0 Å². The maximum Gasteiger partial charge on any atom is 0.309 e. The number of carbonyl (C=O) groups is 2. The molecule has 2 N–H and O–H groups in total. The van der Waals surface area contributed by atoms with Crippen molar-refractivity contribution < 1.29 is 14.3 Å². The van der Waals surface area contributed by atoms with E-state index in [1.165, 1.54) is 0 Å². The lowest BCUT2D eigenvalue weighted by molar-refractivity contribution is -0.140. The van der Waals surface area contributed by atoms with Gasteiger partial charge in [-0.3, -0.25) is 9.59 Å². The number of nitrogens with one attached hydrogen (secondary N) is 2. The predicted octanol–water partition coefficient (Wildman–Crippen LogP) is 1.59. The van der Waals surface area contributed by atoms with Crippen molar-refractivity contribution in [3.63, 3.8) is 0 Å². The van der Waals surface area contributed by atoms with Crippen molar-refractivity contribution >= 4 is 35.2 Å². The van der Waals surface area contributed by atoms with Crippen LogP contribution >= 0.6 is 23.4 Å². The minimum absolute atomic E-state index is 0.286. The second-order valence-electron chi connectivity index (χ2n) is 5.18. The van der Waals surface area contributed by atoms with E-state index in [1.54, 1.807) is 43.1 Å². The summed E-state index contributed by atoms with van der Waals surface area (Å²) >= 11 is 7.58. The molecule has 1 aliphatic heterocycles. The summed E-state index contributed by atoms with van der Waals surface area (Å²) in [7, 11) is 1.64. The van der Waals surface area contributed by atoms with Crippen LogP contribution in [0.2, 0.25) is 5.02 Å². The van der Waals surface area contributed by atoms with Gasteiger partial charge in [0.25, 0.3) is 0 Å². The normalized spacial score (nSPS) is 20.6. The topological polar surface area (TPSA) is 67.4 Å². The molecule has 0 radical (unpaired) electrons. The Morgan fingerprint density at radius 1 is 1.27 bits per heavy atom. The van der Waals surface area contributed by atoms with Crippen LogP contribution in [0.4, 0.5) is 0 Å². The van der Waals surface area contributed by atoms with Gasteiger partial charge in [-0.05, 0) is 29.9 Å². The molecule has 1 aromatic carbocycles. The summed E-state index contributed by atoms with van der Waals surface area (Å²) in [5.74, 6) is 0.553. The summed E-state index contributed by atoms with van der Waals surface area (Å²) in [5.41, 5.74) is 0.530. The van der Waals surface area contributed by atoms with Gasteiger partial charge < -0.3 is 15.4 Å². The predicted molar refractivity (Wildman–Crippen MR) is 88.0 cm³/mol. The lowest BCUT2D eigenvalue weighted by Crippen LogP contribution is -2.48. The van der Waals surface area contributed by atoms with Crippen LogP contribution in [0.15, 0.2) is 24.3 Å². The summed E-state index contributed by atoms with van der Waals surface area (Å²) in [6.45, 7) is 0.637. The van der Waals surface area contributed by atoms with Gasteiger partial charge in [-0.25, -0.2) is 0 Å². The molecule has 0 aliphatic carbocycles. The molecule has 2 rings (SSSR count). The SMILES string of the molecule is CO[C@]1(CNC(=O)C(=O)NCc2ccc(Cl)cc2)CCSC1. The molecule has 1 aliphatic rings. The van der Waals surface area contributed by atoms with E-state index in [4.69, 9.17) is 16.3 Å². The Kier molecular flexibility index (Phi) is 6.11. The lowest BCUT2D eigenvalue weighted by atomic mass is 10.0. The van der Waals surface area contributed by atoms with Crippen molar-refractivity contribution in [1.82, 2.24) is 10.6 Å². The van der Waals surface area contributed by atoms with Crippen molar-refractivity contribution in [2.24, 2.45) is 0 Å². The molecule has 1 fully saturated rings. The number of rotatable bonds is 5. The van der Waals surface area contributed by atoms with Gasteiger partial charge in [-0.1, -0.05) is 23.7 Å². The standard InChI is InChI=1S/C15H19ClN2O3S/c1-21-15(6-7-22-10-15)9-18-14(20)13(19)17-8-11-2-4-12(16)5-3-11/h2-5H,6-10H2,1H3,(H,17,19)(H,18,20)/t15-/m0/s1. The molecule has 22 heavy (non-hydrogen) atoms. The zero-order valence-corrected chi connectivity index (χ0v) is 13.9. The highest BCUT2D eigenvalue weighted by atomic mass is 35.5. The third-order valence-corrected chi connectivity index (χ3v) is 5.12. The number of thioether (sulfide) groups is 1. The number of halogens is 1. The molecular formula is C15H19ClN2O3S. The van der Waals surface area contributed by atoms with Crippen LogP contribution in [0.3, 0.4) is 0 Å². The van der Waals surface area contributed by atoms with E-state index in [0.717, 1.165) is 23.5 Å². The zero-order chi connectivity index (χ0) is 16.0. The highest BCUT2D eigenvalue weighted by Crippen LogP contribution is 2.30. The molecule has 0 bridgehead atoms. The molecule has 5 nitrogen and oxygen atoms in total. The van der Waals surface area contributed by atoms with E-state index in [1.807, 2.05) is 0 Å². The van der Waals surface area contributed by atoms with Gasteiger partial charge in [0.1, 0.15) is 0 Å². The summed E-state index contributed by atoms with van der Waals surface area (Å²) < 4.78 is 5.49. The molecular weight excluding hydrogens is 324 g/mol. The minimum atomic E-state index is -0.646. The number of ether oxygens (including phenoxy) is 1. The first kappa shape index (κ1) is 17.1. The van der Waals surface area contributed by atoms with E-state index in [9.17, 15) is 9.59 Å². The number of hydrogen-bond acceptors (Lipinski definition) is 4. The van der Waals surface area contributed by atoms with Gasteiger partial charge in [-0.2, -0.15) is 11.8 Å². The average Bonchev–Trinajstić information content (AvgIpc) is 3.01. The molecule has 7 heteroatoms. The van der Waals surface area contributed by atoms with Crippen LogP contribution in [0.1, 0.15) is 12.0 Å². The first-order valence-electron chi connectivity index (χ1n) is 6.98. The van der Waals surface area contributed by atoms with Crippen molar-refractivity contribution in [3.8, 4) is 0 Å². The quantitative estimate of drug-likeness (QED) is 0.797. The number of amides is 2. The molecule has 1 saturated heterocycles. The lowest BCUT2D eigenvalue weighted by Gasteiger charge is -2.26. The third-order valence-electron chi connectivity index (χ3n) is 3.64. The zero-order valence-electron chi connectivity index (χ0n) is 12.4. The Balaban J connectivity index is 1.77. The van der Waals surface area contributed by atoms with Gasteiger partial charge in [0.15, 0.2) is 0 Å². The van der Waals surface area contributed by atoms with Gasteiger partial charge in [0.2, 0.25) is 0 Å². The van der Waals surface area contributed by atoms with E-state index in [0.29, 0.717) is 11.6 Å². The van der Waals surface area contributed by atoms with Crippen LogP contribution in [0, 0.1) is 0 Å². The molecule has 0 aromatic heterocycles. The fourth-order valence-electron chi connectivity index (χ4n) is 2.15. The average molecular weight is 343 g/mol. The van der Waals surface area contributed by atoms with E-state index in [-0.39, 0.29) is 12.1 Å². The van der Waals surface area contributed by atoms with Crippen molar-refractivity contribution in [3.05, 3.63) is 34.9 Å². The van der Waals surface area contributed by atoms with Crippen molar-refractivity contribution in [2.45, 2.75) is 18.6 Å². The molecule has 0 saturated carbocycles. The number of hydrogen-bond donors (Lipinski definition) is 2. The molecule has 0 spiro atoms. The highest BCUT2D eigenvalue weighted by molar-refractivity contribution is 7.99. The monoisotopic (exact) mass is 342 g/mol. The maximum atomic E-state index is 11.8. The fourth-order valence-corrected chi connectivity index (χ4v) is 3.67. The smallest absolute Gasteiger partial charge is 0.309 e. The van der Waals surface area contributed by atoms with Crippen LogP contribution in [0.25, 0.3) is 0 Å².